The highest BCUT2D eigenvalue weighted by molar-refractivity contribution is 6.31. The van der Waals surface area contributed by atoms with Crippen LogP contribution in [0.3, 0.4) is 0 Å². The molecule has 1 N–H and O–H groups in total. The number of halogens is 2. The first-order chi connectivity index (χ1) is 10.5. The Balaban J connectivity index is 2.06. The molecule has 0 aliphatic carbocycles. The predicted octanol–water partition coefficient (Wildman–Crippen LogP) is 4.55. The molecule has 2 aromatic rings. The van der Waals surface area contributed by atoms with Gasteiger partial charge in [-0.1, -0.05) is 29.8 Å². The molecule has 3 nitrogen and oxygen atoms in total. The number of hydrogen-bond acceptors (Lipinski definition) is 2. The van der Waals surface area contributed by atoms with Crippen LogP contribution in [-0.2, 0) is 11.4 Å². The minimum absolute atomic E-state index is 0.0227. The number of carbonyl (C=O) groups is 1. The molecular weight excluding hydrogens is 307 g/mol. The van der Waals surface area contributed by atoms with E-state index in [0.29, 0.717) is 16.3 Å². The fourth-order valence-electron chi connectivity index (χ4n) is 1.80. The Kier molecular flexibility index (Phi) is 5.17. The van der Waals surface area contributed by atoms with Gasteiger partial charge in [0, 0.05) is 11.1 Å². The van der Waals surface area contributed by atoms with Gasteiger partial charge in [0.15, 0.2) is 0 Å². The maximum atomic E-state index is 13.6. The number of aliphatic carboxylic acids is 1. The minimum atomic E-state index is -0.963. The van der Waals surface area contributed by atoms with Crippen LogP contribution < -0.4 is 4.74 Å². The molecule has 0 aliphatic heterocycles. The molecule has 114 valence electrons. The van der Waals surface area contributed by atoms with Crippen LogP contribution in [0.25, 0.3) is 6.08 Å². The van der Waals surface area contributed by atoms with Crippen molar-refractivity contribution < 1.29 is 19.0 Å². The van der Waals surface area contributed by atoms with Gasteiger partial charge in [0.2, 0.25) is 0 Å². The molecule has 0 fully saturated rings. The van der Waals surface area contributed by atoms with E-state index in [2.05, 4.69) is 0 Å². The molecule has 0 atom stereocenters. The zero-order chi connectivity index (χ0) is 16.1. The van der Waals surface area contributed by atoms with Crippen LogP contribution in [0.5, 0.6) is 5.75 Å². The lowest BCUT2D eigenvalue weighted by molar-refractivity contribution is -0.132. The maximum absolute atomic E-state index is 13.6. The zero-order valence-corrected chi connectivity index (χ0v) is 12.6. The number of hydrogen-bond donors (Lipinski definition) is 1. The topological polar surface area (TPSA) is 46.5 Å². The molecule has 0 bridgehead atoms. The molecule has 0 aromatic heterocycles. The molecule has 2 rings (SSSR count). The molecule has 5 heteroatoms. The summed E-state index contributed by atoms with van der Waals surface area (Å²) < 4.78 is 19.1. The smallest absolute Gasteiger partial charge is 0.331 e. The van der Waals surface area contributed by atoms with Gasteiger partial charge in [0.25, 0.3) is 0 Å². The molecule has 0 radical (unpaired) electrons. The normalized spacial score (nSPS) is 11.3. The fourth-order valence-corrected chi connectivity index (χ4v) is 2.02. The summed E-state index contributed by atoms with van der Waals surface area (Å²) in [6.07, 6.45) is 1.56. The lowest BCUT2D eigenvalue weighted by Gasteiger charge is -2.09. The maximum Gasteiger partial charge on any atom is 0.331 e. The quantitative estimate of drug-likeness (QED) is 0.822. The molecule has 0 saturated carbocycles. The fraction of sp³-hybridized carbons (Fsp3) is 0.118. The van der Waals surface area contributed by atoms with Crippen LogP contribution in [-0.4, -0.2) is 11.1 Å². The second-order valence-corrected chi connectivity index (χ2v) is 5.10. The summed E-state index contributed by atoms with van der Waals surface area (Å²) in [7, 11) is 0. The van der Waals surface area contributed by atoms with Crippen LogP contribution in [0, 0.1) is 5.82 Å². The van der Waals surface area contributed by atoms with Crippen molar-refractivity contribution in [1.29, 1.82) is 0 Å². The number of benzene rings is 2. The van der Waals surface area contributed by atoms with E-state index in [1.807, 2.05) is 0 Å². The third-order valence-corrected chi connectivity index (χ3v) is 3.40. The monoisotopic (exact) mass is 320 g/mol. The largest absolute Gasteiger partial charge is 0.489 e. The highest BCUT2D eigenvalue weighted by Crippen LogP contribution is 2.22. The van der Waals surface area contributed by atoms with Gasteiger partial charge in [-0.2, -0.15) is 0 Å². The van der Waals surface area contributed by atoms with Crippen molar-refractivity contribution in [3.8, 4) is 5.75 Å². The zero-order valence-electron chi connectivity index (χ0n) is 11.8. The molecule has 22 heavy (non-hydrogen) atoms. The Hall–Kier alpha value is -2.33. The Morgan fingerprint density at radius 3 is 2.55 bits per heavy atom. The van der Waals surface area contributed by atoms with Gasteiger partial charge in [-0.15, -0.1) is 0 Å². The van der Waals surface area contributed by atoms with Gasteiger partial charge in [-0.25, -0.2) is 9.18 Å². The summed E-state index contributed by atoms with van der Waals surface area (Å²) in [6.45, 7) is 1.54. The Bertz CT molecular complexity index is 688. The third kappa shape index (κ3) is 4.09. The number of carboxylic acids is 1. The molecular formula is C17H14ClFO3. The van der Waals surface area contributed by atoms with Crippen molar-refractivity contribution in [1.82, 2.24) is 0 Å². The van der Waals surface area contributed by atoms with Crippen molar-refractivity contribution >= 4 is 23.6 Å². The predicted molar refractivity (Wildman–Crippen MR) is 83.5 cm³/mol. The standard InChI is InChI=1S/C17H14ClFO3/c1-11(17(20)21)9-12-5-7-13(8-6-12)22-10-14-15(18)3-2-4-16(14)19/h2-9H,10H2,1H3,(H,20,21)/b11-9+. The SMILES string of the molecule is C/C(=C\c1ccc(OCc2c(F)cccc2Cl)cc1)C(=O)O. The van der Waals surface area contributed by atoms with Gasteiger partial charge < -0.3 is 9.84 Å². The van der Waals surface area contributed by atoms with Gasteiger partial charge in [-0.05, 0) is 42.8 Å². The molecule has 0 aliphatic rings. The van der Waals surface area contributed by atoms with Crippen LogP contribution >= 0.6 is 11.6 Å². The second-order valence-electron chi connectivity index (χ2n) is 4.69. The van der Waals surface area contributed by atoms with E-state index in [0.717, 1.165) is 5.56 Å². The van der Waals surface area contributed by atoms with E-state index in [4.69, 9.17) is 21.4 Å². The molecule has 0 unspecified atom stereocenters. The first-order valence-corrected chi connectivity index (χ1v) is 6.92. The molecule has 0 heterocycles. The van der Waals surface area contributed by atoms with E-state index in [1.165, 1.54) is 19.1 Å². The molecule has 0 spiro atoms. The number of carboxylic acid groups (broad SMARTS) is 1. The third-order valence-electron chi connectivity index (χ3n) is 3.05. The summed E-state index contributed by atoms with van der Waals surface area (Å²) in [6, 6.07) is 11.3. The molecule has 0 amide bonds. The summed E-state index contributed by atoms with van der Waals surface area (Å²) >= 11 is 5.92. The Labute approximate surface area is 132 Å². The first kappa shape index (κ1) is 16.0. The average molecular weight is 321 g/mol. The summed E-state index contributed by atoms with van der Waals surface area (Å²) in [5.41, 5.74) is 1.29. The van der Waals surface area contributed by atoms with Crippen LogP contribution in [0.15, 0.2) is 48.0 Å². The van der Waals surface area contributed by atoms with E-state index in [-0.39, 0.29) is 12.2 Å². The number of rotatable bonds is 5. The summed E-state index contributed by atoms with van der Waals surface area (Å²) in [4.78, 5) is 10.8. The second kappa shape index (κ2) is 7.09. The van der Waals surface area contributed by atoms with Crippen LogP contribution in [0.1, 0.15) is 18.1 Å². The van der Waals surface area contributed by atoms with E-state index >= 15 is 0 Å². The van der Waals surface area contributed by atoms with Crippen molar-refractivity contribution in [2.75, 3.05) is 0 Å². The lowest BCUT2D eigenvalue weighted by atomic mass is 10.1. The molecule has 2 aromatic carbocycles. The average Bonchev–Trinajstić information content (AvgIpc) is 2.48. The minimum Gasteiger partial charge on any atom is -0.489 e. The molecule has 0 saturated heterocycles. The van der Waals surface area contributed by atoms with E-state index in [9.17, 15) is 9.18 Å². The van der Waals surface area contributed by atoms with Crippen molar-refractivity contribution in [2.24, 2.45) is 0 Å². The van der Waals surface area contributed by atoms with Gasteiger partial charge in [0.1, 0.15) is 18.2 Å². The Morgan fingerprint density at radius 1 is 1.27 bits per heavy atom. The van der Waals surface area contributed by atoms with Gasteiger partial charge in [-0.3, -0.25) is 0 Å². The van der Waals surface area contributed by atoms with E-state index in [1.54, 1.807) is 36.4 Å². The van der Waals surface area contributed by atoms with Crippen molar-refractivity contribution in [3.63, 3.8) is 0 Å². The summed E-state index contributed by atoms with van der Waals surface area (Å²) in [5, 5.41) is 9.14. The van der Waals surface area contributed by atoms with Gasteiger partial charge >= 0.3 is 5.97 Å². The lowest BCUT2D eigenvalue weighted by Crippen LogP contribution is -1.99. The highest BCUT2D eigenvalue weighted by Gasteiger charge is 2.07. The van der Waals surface area contributed by atoms with Crippen LogP contribution in [0.2, 0.25) is 5.02 Å². The van der Waals surface area contributed by atoms with Gasteiger partial charge in [0.05, 0.1) is 5.02 Å². The number of ether oxygens (including phenoxy) is 1. The highest BCUT2D eigenvalue weighted by atomic mass is 35.5. The summed E-state index contributed by atoms with van der Waals surface area (Å²) in [5.74, 6) is -0.830. The van der Waals surface area contributed by atoms with Crippen molar-refractivity contribution in [2.45, 2.75) is 13.5 Å². The van der Waals surface area contributed by atoms with Crippen molar-refractivity contribution in [3.05, 3.63) is 70.0 Å². The van der Waals surface area contributed by atoms with Crippen LogP contribution in [0.4, 0.5) is 4.39 Å². The Morgan fingerprint density at radius 2 is 1.95 bits per heavy atom. The van der Waals surface area contributed by atoms with E-state index < -0.39 is 11.8 Å². The first-order valence-electron chi connectivity index (χ1n) is 6.54.